The normalized spacial score (nSPS) is 10.5. The van der Waals surface area contributed by atoms with Gasteiger partial charge in [0.2, 0.25) is 0 Å². The predicted octanol–water partition coefficient (Wildman–Crippen LogP) is 5.95. The molecule has 0 aromatic heterocycles. The zero-order chi connectivity index (χ0) is 16.7. The van der Waals surface area contributed by atoms with Crippen LogP contribution < -0.4 is 0 Å². The van der Waals surface area contributed by atoms with Crippen molar-refractivity contribution in [1.29, 1.82) is 0 Å². The molecule has 2 rings (SSSR count). The number of thiocarbonyl (C=S) groups is 2. The van der Waals surface area contributed by atoms with Gasteiger partial charge in [0.1, 0.15) is 0 Å². The molecule has 0 aliphatic heterocycles. The highest BCUT2D eigenvalue weighted by atomic mass is 32.2. The summed E-state index contributed by atoms with van der Waals surface area (Å²) in [4.78, 5) is 2.11. The van der Waals surface area contributed by atoms with Gasteiger partial charge >= 0.3 is 0 Å². The van der Waals surface area contributed by atoms with Gasteiger partial charge in [0, 0.05) is 9.73 Å². The molecule has 2 aromatic rings. The van der Waals surface area contributed by atoms with Crippen LogP contribution in [0.15, 0.2) is 48.5 Å². The highest BCUT2D eigenvalue weighted by Crippen LogP contribution is 2.14. The Morgan fingerprint density at radius 3 is 1.39 bits per heavy atom. The Kier molecular flexibility index (Phi) is 7.41. The van der Waals surface area contributed by atoms with E-state index in [-0.39, 0.29) is 0 Å². The lowest BCUT2D eigenvalue weighted by Crippen LogP contribution is -2.02. The van der Waals surface area contributed by atoms with Crippen molar-refractivity contribution in [3.63, 3.8) is 0 Å². The molecule has 120 valence electrons. The number of benzene rings is 2. The van der Waals surface area contributed by atoms with E-state index in [1.54, 1.807) is 0 Å². The quantitative estimate of drug-likeness (QED) is 0.325. The molecule has 0 saturated heterocycles. The highest BCUT2D eigenvalue weighted by molar-refractivity contribution is 7.99. The van der Waals surface area contributed by atoms with E-state index in [4.69, 9.17) is 24.4 Å². The average Bonchev–Trinajstić information content (AvgIpc) is 2.55. The molecule has 2 aromatic carbocycles. The number of hydrogen-bond acceptors (Lipinski definition) is 3. The minimum absolute atomic E-state index is 0.959. The summed E-state index contributed by atoms with van der Waals surface area (Å²) >= 11 is 13.0. The smallest absolute Gasteiger partial charge is 0.0232 e. The van der Waals surface area contributed by atoms with E-state index in [0.29, 0.717) is 0 Å². The fraction of sp³-hybridized carbons (Fsp3) is 0.300. The Bertz CT molecular complexity index is 595. The summed E-state index contributed by atoms with van der Waals surface area (Å²) in [6, 6.07) is 17.0. The first-order valence-corrected chi connectivity index (χ1v) is 9.81. The van der Waals surface area contributed by atoms with Crippen molar-refractivity contribution in [2.45, 2.75) is 26.7 Å². The molecule has 0 radical (unpaired) electrons. The highest BCUT2D eigenvalue weighted by Gasteiger charge is 2.03. The summed E-state index contributed by atoms with van der Waals surface area (Å²) in [5.74, 6) is 2.12. The zero-order valence-electron chi connectivity index (χ0n) is 13.7. The van der Waals surface area contributed by atoms with Crippen LogP contribution in [0.5, 0.6) is 0 Å². The fourth-order valence-corrected chi connectivity index (χ4v) is 3.84. The number of thioether (sulfide) groups is 1. The molecule has 23 heavy (non-hydrogen) atoms. The molecule has 0 spiro atoms. The van der Waals surface area contributed by atoms with Gasteiger partial charge in [-0.1, -0.05) is 84.1 Å². The first-order chi connectivity index (χ1) is 11.1. The Balaban J connectivity index is 1.67. The van der Waals surface area contributed by atoms with Crippen LogP contribution in [0.1, 0.15) is 35.1 Å². The van der Waals surface area contributed by atoms with Gasteiger partial charge in [0.15, 0.2) is 0 Å². The van der Waals surface area contributed by atoms with Crippen molar-refractivity contribution in [3.05, 3.63) is 70.8 Å². The lowest BCUT2D eigenvalue weighted by Gasteiger charge is -2.06. The Labute approximate surface area is 154 Å². The summed E-state index contributed by atoms with van der Waals surface area (Å²) < 4.78 is 0. The molecule has 0 fully saturated rings. The third-order valence-electron chi connectivity index (χ3n) is 3.69. The van der Waals surface area contributed by atoms with Gasteiger partial charge in [0.05, 0.1) is 0 Å². The molecule has 3 heteroatoms. The van der Waals surface area contributed by atoms with Crippen LogP contribution in [0.25, 0.3) is 0 Å². The SMILES string of the molecule is Cc1ccc(C(=S)CCSCCC(=S)c2ccc(C)cc2)cc1. The van der Waals surface area contributed by atoms with Crippen LogP contribution in [-0.2, 0) is 0 Å². The van der Waals surface area contributed by atoms with E-state index < -0.39 is 0 Å². The van der Waals surface area contributed by atoms with Gasteiger partial charge in [-0.25, -0.2) is 0 Å². The molecular formula is C20H22S3. The Morgan fingerprint density at radius 2 is 1.04 bits per heavy atom. The molecule has 0 N–H and O–H groups in total. The van der Waals surface area contributed by atoms with Gasteiger partial charge in [-0.3, -0.25) is 0 Å². The minimum atomic E-state index is 0.959. The Hall–Kier alpha value is -1.03. The first-order valence-electron chi connectivity index (χ1n) is 7.84. The number of aryl methyl sites for hydroxylation is 2. The number of rotatable bonds is 8. The fourth-order valence-electron chi connectivity index (χ4n) is 2.20. The molecular weight excluding hydrogens is 336 g/mol. The van der Waals surface area contributed by atoms with E-state index in [2.05, 4.69) is 62.4 Å². The summed E-state index contributed by atoms with van der Waals surface area (Å²) in [6.45, 7) is 4.19. The molecule has 0 unspecified atom stereocenters. The molecule has 0 saturated carbocycles. The molecule has 0 bridgehead atoms. The third-order valence-corrected chi connectivity index (χ3v) is 5.56. The van der Waals surface area contributed by atoms with Gasteiger partial charge < -0.3 is 0 Å². The summed E-state index contributed by atoms with van der Waals surface area (Å²) in [5.41, 5.74) is 4.91. The summed E-state index contributed by atoms with van der Waals surface area (Å²) in [5, 5.41) is 0. The molecule has 0 heterocycles. The number of hydrogen-bond donors (Lipinski definition) is 0. The van der Waals surface area contributed by atoms with Crippen LogP contribution in [0.2, 0.25) is 0 Å². The monoisotopic (exact) mass is 358 g/mol. The van der Waals surface area contributed by atoms with Gasteiger partial charge in [-0.15, -0.1) is 0 Å². The largest absolute Gasteiger partial charge is 0.161 e. The van der Waals surface area contributed by atoms with Crippen LogP contribution in [0, 0.1) is 13.8 Å². The van der Waals surface area contributed by atoms with Crippen LogP contribution >= 0.6 is 36.2 Å². The maximum atomic E-state index is 5.51. The van der Waals surface area contributed by atoms with Crippen molar-refractivity contribution < 1.29 is 0 Å². The second kappa shape index (κ2) is 9.31. The van der Waals surface area contributed by atoms with Crippen molar-refractivity contribution in [3.8, 4) is 0 Å². The second-order valence-electron chi connectivity index (χ2n) is 5.69. The van der Waals surface area contributed by atoms with Gasteiger partial charge in [0.25, 0.3) is 0 Å². The molecule has 0 nitrogen and oxygen atoms in total. The van der Waals surface area contributed by atoms with E-state index in [0.717, 1.165) is 34.1 Å². The van der Waals surface area contributed by atoms with E-state index in [1.807, 2.05) is 11.8 Å². The van der Waals surface area contributed by atoms with E-state index >= 15 is 0 Å². The van der Waals surface area contributed by atoms with Crippen molar-refractivity contribution in [2.75, 3.05) is 11.5 Å². The first kappa shape index (κ1) is 18.3. The maximum absolute atomic E-state index is 5.51. The van der Waals surface area contributed by atoms with Crippen molar-refractivity contribution >= 4 is 45.9 Å². The standard InChI is InChI=1S/C20H22S3/c1-15-3-7-17(8-4-15)19(21)11-13-23-14-12-20(22)18-9-5-16(2)6-10-18/h3-10H,11-14H2,1-2H3. The lowest BCUT2D eigenvalue weighted by molar-refractivity contribution is 1.29. The van der Waals surface area contributed by atoms with Crippen molar-refractivity contribution in [1.82, 2.24) is 0 Å². The van der Waals surface area contributed by atoms with Gasteiger partial charge in [-0.2, -0.15) is 11.8 Å². The molecule has 0 amide bonds. The lowest BCUT2D eigenvalue weighted by atomic mass is 10.1. The van der Waals surface area contributed by atoms with Crippen LogP contribution in [0.4, 0.5) is 0 Å². The molecule has 0 atom stereocenters. The van der Waals surface area contributed by atoms with Crippen molar-refractivity contribution in [2.24, 2.45) is 0 Å². The summed E-state index contributed by atoms with van der Waals surface area (Å²) in [6.07, 6.45) is 1.92. The van der Waals surface area contributed by atoms with Crippen LogP contribution in [-0.4, -0.2) is 21.2 Å². The Morgan fingerprint density at radius 1 is 0.696 bits per heavy atom. The molecule has 0 aliphatic rings. The van der Waals surface area contributed by atoms with Crippen LogP contribution in [0.3, 0.4) is 0 Å². The summed E-state index contributed by atoms with van der Waals surface area (Å²) in [7, 11) is 0. The van der Waals surface area contributed by atoms with Gasteiger partial charge in [-0.05, 0) is 49.3 Å². The van der Waals surface area contributed by atoms with E-state index in [9.17, 15) is 0 Å². The topological polar surface area (TPSA) is 0 Å². The van der Waals surface area contributed by atoms with E-state index in [1.165, 1.54) is 22.3 Å². The zero-order valence-corrected chi connectivity index (χ0v) is 16.1. The minimum Gasteiger partial charge on any atom is -0.161 e. The third kappa shape index (κ3) is 6.17. The molecule has 0 aliphatic carbocycles. The second-order valence-corrected chi connectivity index (χ2v) is 7.90. The predicted molar refractivity (Wildman–Crippen MR) is 112 cm³/mol. The maximum Gasteiger partial charge on any atom is 0.0232 e. The average molecular weight is 359 g/mol.